The zero-order valence-corrected chi connectivity index (χ0v) is 53.5. The van der Waals surface area contributed by atoms with Gasteiger partial charge in [-0.3, -0.25) is 0 Å². The van der Waals surface area contributed by atoms with Crippen LogP contribution in [0.25, 0.3) is 82.1 Å². The second-order valence-corrected chi connectivity index (χ2v) is 31.3. The Balaban J connectivity index is 1.25. The van der Waals surface area contributed by atoms with Gasteiger partial charge >= 0.3 is 0 Å². The highest BCUT2D eigenvalue weighted by Crippen LogP contribution is 2.52. The van der Waals surface area contributed by atoms with E-state index in [1.165, 1.54) is 127 Å². The van der Waals surface area contributed by atoms with Gasteiger partial charge in [-0.1, -0.05) is 255 Å². The smallest absolute Gasteiger partial charge is 0.0543 e. The summed E-state index contributed by atoms with van der Waals surface area (Å²) in [6.45, 7) is 49.1. The molecule has 2 heteroatoms. The molecule has 0 bridgehead atoms. The van der Waals surface area contributed by atoms with Gasteiger partial charge in [0.2, 0.25) is 0 Å². The van der Waals surface area contributed by atoms with Crippen LogP contribution in [-0.4, -0.2) is 4.57 Å². The Labute approximate surface area is 492 Å². The van der Waals surface area contributed by atoms with Crippen LogP contribution in [0.1, 0.15) is 184 Å². The highest BCUT2D eigenvalue weighted by atomic mass is 15.1. The van der Waals surface area contributed by atoms with E-state index in [9.17, 15) is 0 Å². The lowest BCUT2D eigenvalue weighted by Gasteiger charge is -2.34. The highest BCUT2D eigenvalue weighted by molar-refractivity contribution is 6.28. The van der Waals surface area contributed by atoms with Crippen molar-refractivity contribution in [3.63, 3.8) is 0 Å². The number of benzene rings is 10. The maximum absolute atomic E-state index is 2.65. The summed E-state index contributed by atoms with van der Waals surface area (Å²) < 4.78 is 2.55. The highest BCUT2D eigenvalue weighted by Gasteiger charge is 2.30. The second kappa shape index (κ2) is 19.2. The van der Waals surface area contributed by atoms with E-state index in [2.05, 4.69) is 319 Å². The van der Waals surface area contributed by atoms with Gasteiger partial charge in [-0.25, -0.2) is 0 Å². The second-order valence-electron chi connectivity index (χ2n) is 31.3. The number of anilines is 3. The molecule has 0 aliphatic carbocycles. The predicted octanol–water partition coefficient (Wildman–Crippen LogP) is 23.6. The Kier molecular flexibility index (Phi) is 13.3. The molecule has 0 unspecified atom stereocenters. The number of nitrogens with zero attached hydrogens (tertiary/aromatic N) is 2. The Bertz CT molecular complexity index is 4170. The van der Waals surface area contributed by atoms with Crippen LogP contribution in [0.15, 0.2) is 164 Å². The summed E-state index contributed by atoms with van der Waals surface area (Å²) >= 11 is 0. The standard InChI is InChI=1S/C80H90N2/c1-74(2,3)52-28-22-49(23-29-52)64-45-53(75(4,5)6)30-36-60(64)61-37-31-56(78(13,14)15)48-71(61)81(59-43-57(79(16,17)18)42-58(44-59)80(19,20)21)67-38-26-50-25-35-63-68(39-27-51-24-34-62(67)72(50)73(51)63)82-69-40-32-54(76(7,8)9)46-65(69)66-47-55(77(10,11)12)33-41-70(66)82/h22-48H,1-21H3. The number of rotatable bonds is 6. The van der Waals surface area contributed by atoms with Crippen LogP contribution in [0, 0.1) is 0 Å². The fourth-order valence-electron chi connectivity index (χ4n) is 12.4. The molecule has 0 aliphatic rings. The normalized spacial score (nSPS) is 13.4. The van der Waals surface area contributed by atoms with Gasteiger partial charge in [0.15, 0.2) is 0 Å². The fourth-order valence-corrected chi connectivity index (χ4v) is 12.4. The number of aromatic nitrogens is 1. The van der Waals surface area contributed by atoms with Gasteiger partial charge in [0.05, 0.1) is 28.1 Å². The quantitative estimate of drug-likeness (QED) is 0.151. The van der Waals surface area contributed by atoms with Crippen molar-refractivity contribution in [2.24, 2.45) is 0 Å². The molecule has 11 aromatic rings. The third-order valence-corrected chi connectivity index (χ3v) is 17.8. The largest absolute Gasteiger partial charge is 0.309 e. The summed E-state index contributed by atoms with van der Waals surface area (Å²) in [6.07, 6.45) is 0. The van der Waals surface area contributed by atoms with Crippen LogP contribution in [-0.2, 0) is 37.9 Å². The van der Waals surface area contributed by atoms with Crippen LogP contribution in [0.5, 0.6) is 0 Å². The van der Waals surface area contributed by atoms with Gasteiger partial charge in [0.25, 0.3) is 0 Å². The first-order valence-electron chi connectivity index (χ1n) is 30.2. The fraction of sp³-hybridized carbons (Fsp3) is 0.350. The van der Waals surface area contributed by atoms with E-state index in [4.69, 9.17) is 0 Å². The molecule has 82 heavy (non-hydrogen) atoms. The molecule has 1 aromatic heterocycles. The molecule has 0 aliphatic heterocycles. The van der Waals surface area contributed by atoms with Gasteiger partial charge in [0.1, 0.15) is 0 Å². The zero-order chi connectivity index (χ0) is 59.2. The SMILES string of the molecule is CC(C)(C)c1ccc(-c2cc(C(C)(C)C)ccc2-c2ccc(C(C)(C)C)cc2N(c2cc(C(C)(C)C)cc(C(C)(C)C)c2)c2ccc3ccc4c(-n5c6ccc(C(C)(C)C)cc6c6cc(C(C)(C)C)ccc65)ccc5ccc2c3c54)cc1. The van der Waals surface area contributed by atoms with Crippen molar-refractivity contribution in [3.05, 3.63) is 203 Å². The Morgan fingerprint density at radius 1 is 0.268 bits per heavy atom. The third kappa shape index (κ3) is 10.1. The van der Waals surface area contributed by atoms with Gasteiger partial charge in [-0.15, -0.1) is 0 Å². The molecule has 10 aromatic carbocycles. The van der Waals surface area contributed by atoms with E-state index in [1.54, 1.807) is 0 Å². The van der Waals surface area contributed by atoms with Crippen molar-refractivity contribution in [1.29, 1.82) is 0 Å². The van der Waals surface area contributed by atoms with Crippen molar-refractivity contribution < 1.29 is 0 Å². The first kappa shape index (κ1) is 56.7. The summed E-state index contributed by atoms with van der Waals surface area (Å²) in [4.78, 5) is 2.65. The van der Waals surface area contributed by atoms with Crippen molar-refractivity contribution in [1.82, 2.24) is 4.57 Å². The first-order valence-corrected chi connectivity index (χ1v) is 30.2. The lowest BCUT2D eigenvalue weighted by molar-refractivity contribution is 0.568. The minimum atomic E-state index is -0.126. The van der Waals surface area contributed by atoms with E-state index >= 15 is 0 Å². The van der Waals surface area contributed by atoms with Crippen LogP contribution in [0.4, 0.5) is 17.1 Å². The zero-order valence-electron chi connectivity index (χ0n) is 53.5. The van der Waals surface area contributed by atoms with E-state index in [-0.39, 0.29) is 37.9 Å². The summed E-state index contributed by atoms with van der Waals surface area (Å²) in [5.41, 5.74) is 21.0. The Hall–Kier alpha value is -7.16. The third-order valence-electron chi connectivity index (χ3n) is 17.8. The molecule has 0 saturated heterocycles. The summed E-state index contributed by atoms with van der Waals surface area (Å²) in [5, 5.41) is 10.1. The van der Waals surface area contributed by atoms with E-state index in [0.29, 0.717) is 0 Å². The van der Waals surface area contributed by atoms with Gasteiger partial charge in [-0.2, -0.15) is 0 Å². The summed E-state index contributed by atoms with van der Waals surface area (Å²) in [6, 6.07) is 65.0. The lowest BCUT2D eigenvalue weighted by Crippen LogP contribution is -2.20. The molecule has 0 fully saturated rings. The molecule has 0 radical (unpaired) electrons. The average molecular weight is 1080 g/mol. The number of hydrogen-bond donors (Lipinski definition) is 0. The predicted molar refractivity (Wildman–Crippen MR) is 361 cm³/mol. The molecule has 0 spiro atoms. The van der Waals surface area contributed by atoms with Crippen LogP contribution >= 0.6 is 0 Å². The van der Waals surface area contributed by atoms with Crippen LogP contribution in [0.3, 0.4) is 0 Å². The van der Waals surface area contributed by atoms with E-state index < -0.39 is 0 Å². The van der Waals surface area contributed by atoms with Gasteiger partial charge < -0.3 is 9.47 Å². The molecule has 420 valence electrons. The average Bonchev–Trinajstić information content (AvgIpc) is 3.09. The lowest BCUT2D eigenvalue weighted by atomic mass is 9.79. The molecular weight excluding hydrogens is 989 g/mol. The van der Waals surface area contributed by atoms with E-state index in [0.717, 1.165) is 11.4 Å². The molecule has 2 nitrogen and oxygen atoms in total. The molecular formula is C80H90N2. The van der Waals surface area contributed by atoms with Crippen molar-refractivity contribution in [3.8, 4) is 27.9 Å². The molecule has 11 rings (SSSR count). The molecule has 0 atom stereocenters. The number of fused-ring (bicyclic) bond motifs is 3. The summed E-state index contributed by atoms with van der Waals surface area (Å²) in [5.74, 6) is 0. The summed E-state index contributed by atoms with van der Waals surface area (Å²) in [7, 11) is 0. The minimum absolute atomic E-state index is 0.0115. The Morgan fingerprint density at radius 2 is 0.671 bits per heavy atom. The first-order chi connectivity index (χ1) is 38.1. The maximum atomic E-state index is 2.65. The minimum Gasteiger partial charge on any atom is -0.309 e. The maximum Gasteiger partial charge on any atom is 0.0543 e. The van der Waals surface area contributed by atoms with Crippen LogP contribution < -0.4 is 4.90 Å². The van der Waals surface area contributed by atoms with Crippen molar-refractivity contribution >= 4 is 71.2 Å². The topological polar surface area (TPSA) is 8.17 Å². The Morgan fingerprint density at radius 3 is 1.17 bits per heavy atom. The van der Waals surface area contributed by atoms with Gasteiger partial charge in [-0.05, 0) is 170 Å². The monoisotopic (exact) mass is 1080 g/mol. The van der Waals surface area contributed by atoms with Crippen LogP contribution in [0.2, 0.25) is 0 Å². The molecule has 0 amide bonds. The molecule has 0 N–H and O–H groups in total. The number of hydrogen-bond acceptors (Lipinski definition) is 1. The van der Waals surface area contributed by atoms with Gasteiger partial charge in [0, 0.05) is 32.8 Å². The van der Waals surface area contributed by atoms with Crippen molar-refractivity contribution in [2.45, 2.75) is 183 Å². The van der Waals surface area contributed by atoms with E-state index in [1.807, 2.05) is 0 Å². The van der Waals surface area contributed by atoms with Crippen molar-refractivity contribution in [2.75, 3.05) is 4.90 Å². The molecule has 0 saturated carbocycles. The molecule has 1 heterocycles.